The number of hydrogen-bond acceptors (Lipinski definition) is 5. The van der Waals surface area contributed by atoms with Crippen LogP contribution < -0.4 is 10.1 Å². The van der Waals surface area contributed by atoms with E-state index >= 15 is 0 Å². The van der Waals surface area contributed by atoms with Crippen LogP contribution in [0.25, 0.3) is 6.08 Å². The van der Waals surface area contributed by atoms with Gasteiger partial charge in [-0.15, -0.1) is 0 Å². The second-order valence-corrected chi connectivity index (χ2v) is 7.79. The van der Waals surface area contributed by atoms with Crippen LogP contribution in [0.1, 0.15) is 5.56 Å². The summed E-state index contributed by atoms with van der Waals surface area (Å²) >= 11 is 10.1. The molecule has 2 aromatic rings. The molecule has 0 aromatic heterocycles. The fourth-order valence-electron chi connectivity index (χ4n) is 2.33. The van der Waals surface area contributed by atoms with Crippen molar-refractivity contribution < 1.29 is 9.53 Å². The summed E-state index contributed by atoms with van der Waals surface area (Å²) in [4.78, 5) is 14.8. The lowest BCUT2D eigenvalue weighted by Crippen LogP contribution is -2.33. The van der Waals surface area contributed by atoms with Gasteiger partial charge >= 0.3 is 0 Å². The van der Waals surface area contributed by atoms with Crippen LogP contribution in [0.3, 0.4) is 0 Å². The Morgan fingerprint density at radius 3 is 2.84 bits per heavy atom. The fraction of sp³-hybridized carbons (Fsp3) is 0.111. The van der Waals surface area contributed by atoms with Gasteiger partial charge in [0, 0.05) is 15.7 Å². The van der Waals surface area contributed by atoms with Gasteiger partial charge in [0.25, 0.3) is 5.91 Å². The highest BCUT2D eigenvalue weighted by molar-refractivity contribution is 9.10. The smallest absolute Gasteiger partial charge is 0.267 e. The lowest BCUT2D eigenvalue weighted by atomic mass is 10.2. The average molecular weight is 435 g/mol. The first-order chi connectivity index (χ1) is 12.1. The number of hydrogen-bond donors (Lipinski definition) is 1. The quantitative estimate of drug-likeness (QED) is 0.544. The van der Waals surface area contributed by atoms with Crippen molar-refractivity contribution >= 4 is 61.9 Å². The van der Waals surface area contributed by atoms with Gasteiger partial charge in [0.2, 0.25) is 0 Å². The topological polar surface area (TPSA) is 41.6 Å². The number of carbonyl (C=O) groups is 1. The van der Waals surface area contributed by atoms with E-state index in [0.29, 0.717) is 15.9 Å². The van der Waals surface area contributed by atoms with Crippen molar-refractivity contribution in [3.8, 4) is 5.75 Å². The first kappa shape index (κ1) is 18.0. The van der Waals surface area contributed by atoms with Gasteiger partial charge in [-0.2, -0.15) is 0 Å². The van der Waals surface area contributed by atoms with Crippen molar-refractivity contribution in [2.24, 2.45) is 0 Å². The number of thioether (sulfide) groups is 1. The van der Waals surface area contributed by atoms with E-state index in [4.69, 9.17) is 17.0 Å². The zero-order valence-electron chi connectivity index (χ0n) is 13.4. The highest BCUT2D eigenvalue weighted by Gasteiger charge is 2.31. The number of anilines is 1. The molecule has 7 heteroatoms. The minimum Gasteiger partial charge on any atom is -0.496 e. The maximum absolute atomic E-state index is 12.7. The molecule has 4 nitrogen and oxygen atoms in total. The van der Waals surface area contributed by atoms with Crippen molar-refractivity contribution in [2.75, 3.05) is 19.1 Å². The Labute approximate surface area is 164 Å². The minimum atomic E-state index is -0.108. The fourth-order valence-corrected chi connectivity index (χ4v) is 3.98. The van der Waals surface area contributed by atoms with E-state index in [-0.39, 0.29) is 5.91 Å². The molecule has 0 atom stereocenters. The summed E-state index contributed by atoms with van der Waals surface area (Å²) in [6, 6.07) is 15.3. The number of thiocarbonyl (C=S) groups is 1. The first-order valence-corrected chi connectivity index (χ1v) is 9.48. The number of carbonyl (C=O) groups excluding carboxylic acids is 1. The highest BCUT2D eigenvalue weighted by atomic mass is 79.9. The summed E-state index contributed by atoms with van der Waals surface area (Å²) in [7, 11) is 1.61. The molecule has 1 aliphatic rings. The van der Waals surface area contributed by atoms with Gasteiger partial charge in [0.1, 0.15) is 10.1 Å². The van der Waals surface area contributed by atoms with Gasteiger partial charge in [0.15, 0.2) is 0 Å². The van der Waals surface area contributed by atoms with Crippen molar-refractivity contribution in [3.63, 3.8) is 0 Å². The third kappa shape index (κ3) is 4.23. The average Bonchev–Trinajstić information content (AvgIpc) is 2.87. The Balaban J connectivity index is 1.75. The maximum Gasteiger partial charge on any atom is 0.267 e. The van der Waals surface area contributed by atoms with E-state index in [2.05, 4.69) is 21.2 Å². The van der Waals surface area contributed by atoms with E-state index in [1.807, 2.05) is 54.6 Å². The maximum atomic E-state index is 12.7. The van der Waals surface area contributed by atoms with E-state index in [0.717, 1.165) is 21.5 Å². The van der Waals surface area contributed by atoms with Gasteiger partial charge in [-0.25, -0.2) is 0 Å². The molecule has 1 saturated heterocycles. The van der Waals surface area contributed by atoms with Crippen LogP contribution in [0.5, 0.6) is 5.75 Å². The van der Waals surface area contributed by atoms with Crippen molar-refractivity contribution in [1.29, 1.82) is 0 Å². The predicted octanol–water partition coefficient (Wildman–Crippen LogP) is 4.73. The molecule has 0 saturated carbocycles. The van der Waals surface area contributed by atoms with Gasteiger partial charge in [-0.05, 0) is 30.3 Å². The van der Waals surface area contributed by atoms with Crippen molar-refractivity contribution in [3.05, 3.63) is 63.5 Å². The number of para-hydroxylation sites is 1. The number of nitrogens with one attached hydrogen (secondary N) is 1. The van der Waals surface area contributed by atoms with Crippen LogP contribution in [0, 0.1) is 0 Å². The molecule has 1 N–H and O–H groups in total. The van der Waals surface area contributed by atoms with Crippen LogP contribution in [0.2, 0.25) is 0 Å². The molecular formula is C18H15BrN2O2S2. The Morgan fingerprint density at radius 2 is 2.08 bits per heavy atom. The Hall–Kier alpha value is -1.83. The van der Waals surface area contributed by atoms with Crippen LogP contribution in [0.4, 0.5) is 5.69 Å². The summed E-state index contributed by atoms with van der Waals surface area (Å²) in [6.07, 6.45) is 1.82. The molecule has 3 rings (SSSR count). The molecule has 1 aliphatic heterocycles. The molecular weight excluding hydrogens is 420 g/mol. The molecule has 0 bridgehead atoms. The first-order valence-electron chi connectivity index (χ1n) is 7.46. The predicted molar refractivity (Wildman–Crippen MR) is 111 cm³/mol. The standard InChI is InChI=1S/C18H15BrN2O2S2/c1-23-15-8-3-2-5-12(15)9-16-17(22)21(18(24)25-16)11-20-14-7-4-6-13(19)10-14/h2-10,20H,11H2,1H3. The van der Waals surface area contributed by atoms with Gasteiger partial charge < -0.3 is 10.1 Å². The number of rotatable bonds is 5. The summed E-state index contributed by atoms with van der Waals surface area (Å²) in [5.41, 5.74) is 1.77. The lowest BCUT2D eigenvalue weighted by molar-refractivity contribution is -0.121. The molecule has 1 amide bonds. The summed E-state index contributed by atoms with van der Waals surface area (Å²) in [5.74, 6) is 0.614. The minimum absolute atomic E-state index is 0.108. The Bertz CT molecular complexity index is 854. The van der Waals surface area contributed by atoms with E-state index < -0.39 is 0 Å². The zero-order valence-corrected chi connectivity index (χ0v) is 16.6. The summed E-state index contributed by atoms with van der Waals surface area (Å²) in [5, 5.41) is 3.22. The van der Waals surface area contributed by atoms with Crippen LogP contribution >= 0.6 is 39.9 Å². The number of amides is 1. The van der Waals surface area contributed by atoms with Crippen LogP contribution in [0.15, 0.2) is 57.9 Å². The third-order valence-electron chi connectivity index (χ3n) is 3.57. The zero-order chi connectivity index (χ0) is 17.8. The Kier molecular flexibility index (Phi) is 5.78. The third-order valence-corrected chi connectivity index (χ3v) is 5.44. The summed E-state index contributed by atoms with van der Waals surface area (Å²) < 4.78 is 6.84. The number of ether oxygens (including phenoxy) is 1. The van der Waals surface area contributed by atoms with E-state index in [9.17, 15) is 4.79 Å². The molecule has 0 unspecified atom stereocenters. The molecule has 2 aromatic carbocycles. The van der Waals surface area contributed by atoms with Crippen LogP contribution in [-0.2, 0) is 4.79 Å². The number of benzene rings is 2. The van der Waals surface area contributed by atoms with Crippen molar-refractivity contribution in [2.45, 2.75) is 0 Å². The molecule has 0 aliphatic carbocycles. The lowest BCUT2D eigenvalue weighted by Gasteiger charge is -2.16. The van der Waals surface area contributed by atoms with Crippen LogP contribution in [-0.4, -0.2) is 28.9 Å². The molecule has 128 valence electrons. The number of halogens is 1. The van der Waals surface area contributed by atoms with Gasteiger partial charge in [0.05, 0.1) is 18.7 Å². The van der Waals surface area contributed by atoms with Gasteiger partial charge in [-0.1, -0.05) is 64.2 Å². The van der Waals surface area contributed by atoms with Crippen molar-refractivity contribution in [1.82, 2.24) is 4.90 Å². The largest absolute Gasteiger partial charge is 0.496 e. The second kappa shape index (κ2) is 8.03. The second-order valence-electron chi connectivity index (χ2n) is 5.20. The number of methoxy groups -OCH3 is 1. The normalized spacial score (nSPS) is 15.8. The van der Waals surface area contributed by atoms with E-state index in [1.165, 1.54) is 11.8 Å². The van der Waals surface area contributed by atoms with Gasteiger partial charge in [-0.3, -0.25) is 9.69 Å². The monoisotopic (exact) mass is 434 g/mol. The molecule has 25 heavy (non-hydrogen) atoms. The Morgan fingerprint density at radius 1 is 1.28 bits per heavy atom. The molecule has 0 spiro atoms. The molecule has 1 heterocycles. The summed E-state index contributed by atoms with van der Waals surface area (Å²) in [6.45, 7) is 0.324. The highest BCUT2D eigenvalue weighted by Crippen LogP contribution is 2.34. The van der Waals surface area contributed by atoms with E-state index in [1.54, 1.807) is 12.0 Å². The molecule has 0 radical (unpaired) electrons. The SMILES string of the molecule is COc1ccccc1C=C1SC(=S)N(CNc2cccc(Br)c2)C1=O. The number of nitrogens with zero attached hydrogens (tertiary/aromatic N) is 1. The molecule has 1 fully saturated rings.